The molecule has 1 aliphatic carbocycles. The Hall–Kier alpha value is -1.50. The molecular formula is C30H51N. The van der Waals surface area contributed by atoms with Gasteiger partial charge in [-0.2, -0.15) is 0 Å². The van der Waals surface area contributed by atoms with Crippen LogP contribution in [0.5, 0.6) is 0 Å². The van der Waals surface area contributed by atoms with E-state index in [-0.39, 0.29) is 0 Å². The van der Waals surface area contributed by atoms with E-state index in [2.05, 4.69) is 78.6 Å². The SMILES string of the molecule is C=C(Cc1cc(CCCCC)cc(C)c1C1C=C(C)CCC1C(C)(C)C)NCC.CC. The fourth-order valence-electron chi connectivity index (χ4n) is 5.17. The Morgan fingerprint density at radius 1 is 1.10 bits per heavy atom. The molecule has 1 aromatic rings. The third-order valence-corrected chi connectivity index (χ3v) is 6.62. The zero-order valence-electron chi connectivity index (χ0n) is 22.3. The zero-order chi connectivity index (χ0) is 23.6. The molecule has 0 amide bonds. The standard InChI is InChI=1S/C28H45N.C2H6/c1-9-11-12-13-23-17-21(4)27(24(19-23)18-22(5)29-10-2)25-16-20(3)14-15-26(25)28(6,7)8;1-2/h16-17,19,25-26,29H,5,9-15,18H2,1-4,6-8H3;1-2H3. The minimum atomic E-state index is 0.310. The van der Waals surface area contributed by atoms with Crippen molar-refractivity contribution in [1.29, 1.82) is 0 Å². The van der Waals surface area contributed by atoms with Crippen LogP contribution < -0.4 is 5.32 Å². The van der Waals surface area contributed by atoms with Crippen LogP contribution in [0.3, 0.4) is 0 Å². The van der Waals surface area contributed by atoms with Gasteiger partial charge in [-0.1, -0.05) is 84.7 Å². The van der Waals surface area contributed by atoms with E-state index in [1.165, 1.54) is 55.2 Å². The molecule has 1 nitrogen and oxygen atoms in total. The van der Waals surface area contributed by atoms with Gasteiger partial charge in [0, 0.05) is 24.6 Å². The van der Waals surface area contributed by atoms with Crippen LogP contribution in [-0.2, 0) is 12.8 Å². The van der Waals surface area contributed by atoms with Gasteiger partial charge in [0.05, 0.1) is 0 Å². The van der Waals surface area contributed by atoms with Gasteiger partial charge in [0.15, 0.2) is 0 Å². The molecule has 176 valence electrons. The van der Waals surface area contributed by atoms with Crippen molar-refractivity contribution in [3.8, 4) is 0 Å². The average molecular weight is 426 g/mol. The molecule has 0 aliphatic heterocycles. The Balaban J connectivity index is 0.00000233. The summed E-state index contributed by atoms with van der Waals surface area (Å²) in [6, 6.07) is 4.97. The predicted octanol–water partition coefficient (Wildman–Crippen LogP) is 8.91. The lowest BCUT2D eigenvalue weighted by atomic mass is 9.64. The molecule has 2 unspecified atom stereocenters. The zero-order valence-corrected chi connectivity index (χ0v) is 22.3. The number of hydrogen-bond acceptors (Lipinski definition) is 1. The minimum Gasteiger partial charge on any atom is -0.389 e. The van der Waals surface area contributed by atoms with Crippen LogP contribution in [0.4, 0.5) is 0 Å². The van der Waals surface area contributed by atoms with Crippen molar-refractivity contribution in [3.05, 3.63) is 58.3 Å². The monoisotopic (exact) mass is 425 g/mol. The maximum absolute atomic E-state index is 4.32. The highest BCUT2D eigenvalue weighted by molar-refractivity contribution is 5.46. The van der Waals surface area contributed by atoms with Gasteiger partial charge >= 0.3 is 0 Å². The molecule has 0 bridgehead atoms. The molecule has 1 heteroatoms. The van der Waals surface area contributed by atoms with Crippen LogP contribution in [0.1, 0.15) is 116 Å². The number of unbranched alkanes of at least 4 members (excludes halogenated alkanes) is 2. The van der Waals surface area contributed by atoms with Crippen LogP contribution in [0.15, 0.2) is 36.1 Å². The first-order valence-corrected chi connectivity index (χ1v) is 12.9. The Morgan fingerprint density at radius 2 is 1.77 bits per heavy atom. The molecule has 1 aromatic carbocycles. The molecule has 0 radical (unpaired) electrons. The molecule has 31 heavy (non-hydrogen) atoms. The molecule has 0 saturated carbocycles. The highest BCUT2D eigenvalue weighted by Crippen LogP contribution is 2.47. The largest absolute Gasteiger partial charge is 0.389 e. The van der Waals surface area contributed by atoms with E-state index >= 15 is 0 Å². The number of hydrogen-bond donors (Lipinski definition) is 1. The minimum absolute atomic E-state index is 0.310. The van der Waals surface area contributed by atoms with E-state index in [4.69, 9.17) is 0 Å². The molecule has 0 aromatic heterocycles. The normalized spacial score (nSPS) is 18.7. The molecule has 0 heterocycles. The second kappa shape index (κ2) is 13.1. The maximum atomic E-state index is 4.32. The smallest absolute Gasteiger partial charge is 0.0120 e. The summed E-state index contributed by atoms with van der Waals surface area (Å²) in [5.74, 6) is 1.19. The summed E-state index contributed by atoms with van der Waals surface area (Å²) in [7, 11) is 0. The van der Waals surface area contributed by atoms with Gasteiger partial charge in [-0.3, -0.25) is 0 Å². The third-order valence-electron chi connectivity index (χ3n) is 6.62. The Labute approximate surface area is 194 Å². The Morgan fingerprint density at radius 3 is 2.35 bits per heavy atom. The number of likely N-dealkylation sites (N-methyl/N-ethyl adjacent to an activating group) is 1. The van der Waals surface area contributed by atoms with Crippen molar-refractivity contribution in [1.82, 2.24) is 5.32 Å². The lowest BCUT2D eigenvalue weighted by molar-refractivity contribution is 0.197. The molecular weight excluding hydrogens is 374 g/mol. The fourth-order valence-corrected chi connectivity index (χ4v) is 5.17. The molecule has 2 rings (SSSR count). The lowest BCUT2D eigenvalue weighted by Gasteiger charge is -2.41. The van der Waals surface area contributed by atoms with E-state index in [0.29, 0.717) is 17.3 Å². The lowest BCUT2D eigenvalue weighted by Crippen LogP contribution is -2.30. The van der Waals surface area contributed by atoms with Crippen molar-refractivity contribution in [2.75, 3.05) is 6.54 Å². The van der Waals surface area contributed by atoms with Gasteiger partial charge in [-0.15, -0.1) is 0 Å². The molecule has 1 aliphatic rings. The fraction of sp³-hybridized carbons (Fsp3) is 0.667. The van der Waals surface area contributed by atoms with Crippen LogP contribution in [0, 0.1) is 18.3 Å². The quantitative estimate of drug-likeness (QED) is 0.307. The molecule has 2 atom stereocenters. The first-order chi connectivity index (χ1) is 14.7. The van der Waals surface area contributed by atoms with Crippen LogP contribution in [-0.4, -0.2) is 6.54 Å². The highest BCUT2D eigenvalue weighted by Gasteiger charge is 2.35. The summed E-state index contributed by atoms with van der Waals surface area (Å²) in [6.45, 7) is 25.6. The first-order valence-electron chi connectivity index (χ1n) is 12.9. The van der Waals surface area contributed by atoms with Gasteiger partial charge in [0.2, 0.25) is 0 Å². The molecule has 0 saturated heterocycles. The maximum Gasteiger partial charge on any atom is 0.0120 e. The molecule has 0 fully saturated rings. The summed E-state index contributed by atoms with van der Waals surface area (Å²) in [5, 5.41) is 3.46. The van der Waals surface area contributed by atoms with Crippen LogP contribution in [0.25, 0.3) is 0 Å². The van der Waals surface area contributed by atoms with Crippen molar-refractivity contribution in [3.63, 3.8) is 0 Å². The van der Waals surface area contributed by atoms with Gasteiger partial charge in [0.1, 0.15) is 0 Å². The summed E-state index contributed by atoms with van der Waals surface area (Å²) >= 11 is 0. The van der Waals surface area contributed by atoms with Crippen LogP contribution >= 0.6 is 0 Å². The van der Waals surface area contributed by atoms with Crippen molar-refractivity contribution in [2.24, 2.45) is 11.3 Å². The second-order valence-electron chi connectivity index (χ2n) is 10.3. The number of benzene rings is 1. The predicted molar refractivity (Wildman–Crippen MR) is 141 cm³/mol. The highest BCUT2D eigenvalue weighted by atomic mass is 14.9. The molecule has 1 N–H and O–H groups in total. The topological polar surface area (TPSA) is 12.0 Å². The van der Waals surface area contributed by atoms with Gasteiger partial charge in [-0.05, 0) is 80.0 Å². The van der Waals surface area contributed by atoms with Gasteiger partial charge in [0.25, 0.3) is 0 Å². The summed E-state index contributed by atoms with van der Waals surface area (Å²) < 4.78 is 0. The van der Waals surface area contributed by atoms with Crippen molar-refractivity contribution >= 4 is 0 Å². The van der Waals surface area contributed by atoms with E-state index < -0.39 is 0 Å². The van der Waals surface area contributed by atoms with E-state index in [1.807, 2.05) is 13.8 Å². The van der Waals surface area contributed by atoms with Crippen molar-refractivity contribution < 1.29 is 0 Å². The van der Waals surface area contributed by atoms with Crippen LogP contribution in [0.2, 0.25) is 0 Å². The Bertz CT molecular complexity index is 717. The van der Waals surface area contributed by atoms with E-state index in [1.54, 1.807) is 11.1 Å². The number of nitrogens with one attached hydrogen (secondary N) is 1. The summed E-state index contributed by atoms with van der Waals surface area (Å²) in [4.78, 5) is 0. The number of aryl methyl sites for hydroxylation is 2. The summed E-state index contributed by atoms with van der Waals surface area (Å²) in [6.07, 6.45) is 11.1. The number of allylic oxidation sites excluding steroid dienone is 3. The van der Waals surface area contributed by atoms with E-state index in [9.17, 15) is 0 Å². The first kappa shape index (κ1) is 27.5. The average Bonchev–Trinajstić information content (AvgIpc) is 2.68. The van der Waals surface area contributed by atoms with Gasteiger partial charge < -0.3 is 5.32 Å². The Kier molecular flexibility index (Phi) is 11.7. The third kappa shape index (κ3) is 8.17. The summed E-state index contributed by atoms with van der Waals surface area (Å²) in [5.41, 5.74) is 9.05. The number of rotatable bonds is 9. The molecule has 0 spiro atoms. The van der Waals surface area contributed by atoms with Gasteiger partial charge in [-0.25, -0.2) is 0 Å². The van der Waals surface area contributed by atoms with Crippen molar-refractivity contribution in [2.45, 2.75) is 113 Å². The van der Waals surface area contributed by atoms with E-state index in [0.717, 1.165) is 18.7 Å². The second-order valence-corrected chi connectivity index (χ2v) is 10.3.